The molecule has 0 radical (unpaired) electrons. The van der Waals surface area contributed by atoms with Crippen molar-refractivity contribution in [3.05, 3.63) is 34.7 Å². The maximum atomic E-state index is 12.0. The number of aromatic nitrogens is 3. The highest BCUT2D eigenvalue weighted by Crippen LogP contribution is 2.21. The lowest BCUT2D eigenvalue weighted by atomic mass is 10.1. The summed E-state index contributed by atoms with van der Waals surface area (Å²) >= 11 is 0. The maximum absolute atomic E-state index is 12.0. The van der Waals surface area contributed by atoms with Gasteiger partial charge in [0.15, 0.2) is 5.52 Å². The van der Waals surface area contributed by atoms with E-state index in [1.165, 1.54) is 19.3 Å². The summed E-state index contributed by atoms with van der Waals surface area (Å²) in [5.41, 5.74) is 1.26. The molecule has 1 aliphatic rings. The third kappa shape index (κ3) is 2.29. The van der Waals surface area contributed by atoms with E-state index < -0.39 is 5.63 Å². The van der Waals surface area contributed by atoms with Crippen LogP contribution in [0.15, 0.2) is 33.5 Å². The number of fused-ring (bicyclic) bond motifs is 3. The molecule has 22 heavy (non-hydrogen) atoms. The fourth-order valence-electron chi connectivity index (χ4n) is 3.19. The molecule has 0 aliphatic carbocycles. The highest BCUT2D eigenvalue weighted by atomic mass is 16.4. The molecule has 0 bridgehead atoms. The first-order valence-electron chi connectivity index (χ1n) is 7.80. The first kappa shape index (κ1) is 13.5. The lowest BCUT2D eigenvalue weighted by Crippen LogP contribution is -2.32. The second-order valence-electron chi connectivity index (χ2n) is 5.80. The summed E-state index contributed by atoms with van der Waals surface area (Å²) in [6.07, 6.45) is 3.86. The number of para-hydroxylation sites is 1. The van der Waals surface area contributed by atoms with E-state index in [1.807, 2.05) is 22.9 Å². The molecule has 1 aliphatic heterocycles. The van der Waals surface area contributed by atoms with Crippen molar-refractivity contribution in [1.82, 2.24) is 19.9 Å². The quantitative estimate of drug-likeness (QED) is 0.692. The Morgan fingerprint density at radius 2 is 1.91 bits per heavy atom. The van der Waals surface area contributed by atoms with E-state index in [0.29, 0.717) is 11.1 Å². The van der Waals surface area contributed by atoms with Gasteiger partial charge in [-0.05, 0) is 38.1 Å². The minimum atomic E-state index is -0.419. The number of piperidine rings is 1. The lowest BCUT2D eigenvalue weighted by molar-refractivity contribution is 0.218. The molecular weight excluding hydrogens is 280 g/mol. The zero-order chi connectivity index (χ0) is 14.9. The second kappa shape index (κ2) is 5.53. The summed E-state index contributed by atoms with van der Waals surface area (Å²) in [6.45, 7) is 3.97. The van der Waals surface area contributed by atoms with Gasteiger partial charge in [0, 0.05) is 11.9 Å². The molecule has 3 aromatic rings. The zero-order valence-electron chi connectivity index (χ0n) is 12.4. The molecule has 0 atom stereocenters. The van der Waals surface area contributed by atoms with Gasteiger partial charge in [-0.1, -0.05) is 23.8 Å². The summed E-state index contributed by atoms with van der Waals surface area (Å²) in [4.78, 5) is 14.5. The summed E-state index contributed by atoms with van der Waals surface area (Å²) in [6, 6.07) is 7.54. The minimum Gasteiger partial charge on any atom is -0.421 e. The summed E-state index contributed by atoms with van der Waals surface area (Å²) in [5.74, 6) is 0. The van der Waals surface area contributed by atoms with Crippen LogP contribution in [-0.2, 0) is 6.54 Å². The largest absolute Gasteiger partial charge is 0.421 e. The van der Waals surface area contributed by atoms with Gasteiger partial charge in [-0.2, -0.15) is 0 Å². The number of likely N-dealkylation sites (tertiary alicyclic amines) is 1. The molecule has 0 saturated carbocycles. The van der Waals surface area contributed by atoms with Gasteiger partial charge in [0.2, 0.25) is 0 Å². The van der Waals surface area contributed by atoms with Crippen molar-refractivity contribution >= 4 is 22.0 Å². The van der Waals surface area contributed by atoms with Gasteiger partial charge < -0.3 is 9.32 Å². The third-order valence-electron chi connectivity index (χ3n) is 4.35. The Labute approximate surface area is 127 Å². The van der Waals surface area contributed by atoms with Crippen molar-refractivity contribution in [2.24, 2.45) is 0 Å². The normalized spacial score (nSPS) is 16.5. The molecule has 2 aromatic heterocycles. The highest BCUT2D eigenvalue weighted by Gasteiger charge is 2.16. The molecule has 0 amide bonds. The van der Waals surface area contributed by atoms with Crippen molar-refractivity contribution in [2.45, 2.75) is 25.8 Å². The van der Waals surface area contributed by atoms with E-state index in [9.17, 15) is 4.79 Å². The predicted octanol–water partition coefficient (Wildman–Crippen LogP) is 2.02. The molecule has 3 heterocycles. The van der Waals surface area contributed by atoms with Gasteiger partial charge in [-0.25, -0.2) is 9.48 Å². The van der Waals surface area contributed by atoms with E-state index in [2.05, 4.69) is 15.2 Å². The lowest BCUT2D eigenvalue weighted by Gasteiger charge is -2.26. The highest BCUT2D eigenvalue weighted by molar-refractivity contribution is 6.00. The van der Waals surface area contributed by atoms with Crippen LogP contribution in [0.4, 0.5) is 0 Å². The second-order valence-corrected chi connectivity index (χ2v) is 5.80. The number of rotatable bonds is 3. The van der Waals surface area contributed by atoms with Gasteiger partial charge in [-0.3, -0.25) is 0 Å². The molecule has 4 rings (SSSR count). The van der Waals surface area contributed by atoms with Gasteiger partial charge in [0.25, 0.3) is 0 Å². The van der Waals surface area contributed by atoms with E-state index in [4.69, 9.17) is 4.42 Å². The SMILES string of the molecule is O=c1oc2ccccc2c2c1nnn2CCN1CCCCC1. The fourth-order valence-corrected chi connectivity index (χ4v) is 3.19. The minimum absolute atomic E-state index is 0.317. The Kier molecular flexibility index (Phi) is 3.38. The van der Waals surface area contributed by atoms with Crippen LogP contribution in [-0.4, -0.2) is 39.5 Å². The number of hydrogen-bond donors (Lipinski definition) is 0. The Hall–Kier alpha value is -2.21. The predicted molar refractivity (Wildman–Crippen MR) is 83.9 cm³/mol. The van der Waals surface area contributed by atoms with Crippen molar-refractivity contribution in [3.63, 3.8) is 0 Å². The molecule has 0 spiro atoms. The van der Waals surface area contributed by atoms with E-state index in [-0.39, 0.29) is 0 Å². The van der Waals surface area contributed by atoms with E-state index in [1.54, 1.807) is 6.07 Å². The Morgan fingerprint density at radius 1 is 1.09 bits per heavy atom. The van der Waals surface area contributed by atoms with Crippen LogP contribution in [0, 0.1) is 0 Å². The first-order valence-corrected chi connectivity index (χ1v) is 7.80. The zero-order valence-corrected chi connectivity index (χ0v) is 12.4. The van der Waals surface area contributed by atoms with Crippen molar-refractivity contribution in [3.8, 4) is 0 Å². The maximum Gasteiger partial charge on any atom is 0.366 e. The summed E-state index contributed by atoms with van der Waals surface area (Å²) < 4.78 is 7.14. The average Bonchev–Trinajstić information content (AvgIpc) is 2.99. The van der Waals surface area contributed by atoms with Crippen LogP contribution in [0.2, 0.25) is 0 Å². The molecule has 6 heteroatoms. The molecule has 0 N–H and O–H groups in total. The van der Waals surface area contributed by atoms with E-state index in [0.717, 1.165) is 37.1 Å². The molecule has 1 saturated heterocycles. The van der Waals surface area contributed by atoms with Crippen molar-refractivity contribution in [1.29, 1.82) is 0 Å². The van der Waals surface area contributed by atoms with Crippen LogP contribution in [0.1, 0.15) is 19.3 Å². The number of hydrogen-bond acceptors (Lipinski definition) is 5. The van der Waals surface area contributed by atoms with Gasteiger partial charge in [0.05, 0.1) is 6.54 Å². The molecule has 0 unspecified atom stereocenters. The standard InChI is InChI=1S/C16H18N4O2/c21-16-14-15(12-6-2-3-7-13(12)22-16)20(18-17-14)11-10-19-8-4-1-5-9-19/h2-3,6-7H,1,4-5,8-11H2. The molecular formula is C16H18N4O2. The molecule has 1 fully saturated rings. The van der Waals surface area contributed by atoms with Gasteiger partial charge in [-0.15, -0.1) is 5.10 Å². The Bertz CT molecular complexity index is 861. The number of benzene rings is 1. The summed E-state index contributed by atoms with van der Waals surface area (Å²) in [7, 11) is 0. The molecule has 1 aromatic carbocycles. The van der Waals surface area contributed by atoms with Crippen LogP contribution >= 0.6 is 0 Å². The fraction of sp³-hybridized carbons (Fsp3) is 0.438. The Morgan fingerprint density at radius 3 is 2.77 bits per heavy atom. The smallest absolute Gasteiger partial charge is 0.366 e. The molecule has 114 valence electrons. The van der Waals surface area contributed by atoms with Gasteiger partial charge in [0.1, 0.15) is 11.1 Å². The van der Waals surface area contributed by atoms with Crippen LogP contribution in [0.5, 0.6) is 0 Å². The summed E-state index contributed by atoms with van der Waals surface area (Å²) in [5, 5.41) is 9.08. The Balaban J connectivity index is 1.73. The van der Waals surface area contributed by atoms with E-state index >= 15 is 0 Å². The first-order chi connectivity index (χ1) is 10.8. The van der Waals surface area contributed by atoms with Crippen molar-refractivity contribution < 1.29 is 4.42 Å². The monoisotopic (exact) mass is 298 g/mol. The van der Waals surface area contributed by atoms with Crippen LogP contribution < -0.4 is 5.63 Å². The number of nitrogens with zero attached hydrogens (tertiary/aromatic N) is 4. The average molecular weight is 298 g/mol. The van der Waals surface area contributed by atoms with Gasteiger partial charge >= 0.3 is 5.63 Å². The third-order valence-corrected chi connectivity index (χ3v) is 4.35. The van der Waals surface area contributed by atoms with Crippen molar-refractivity contribution in [2.75, 3.05) is 19.6 Å². The van der Waals surface area contributed by atoms with Crippen LogP contribution in [0.25, 0.3) is 22.0 Å². The molecule has 6 nitrogen and oxygen atoms in total. The topological polar surface area (TPSA) is 64.2 Å². The van der Waals surface area contributed by atoms with Crippen LogP contribution in [0.3, 0.4) is 0 Å².